The van der Waals surface area contributed by atoms with Crippen LogP contribution in [0, 0.1) is 18.6 Å². The van der Waals surface area contributed by atoms with Crippen LogP contribution in [0.15, 0.2) is 28.9 Å². The standard InChI is InChI=1S/C13H10ClF2NO/c1-7-11(15)4-8(5-12(7)16)9-2-3-17-13(14)10(9)6-18/h2,4-6,17H,3H2,1H3. The van der Waals surface area contributed by atoms with E-state index in [1.165, 1.54) is 19.1 Å². The van der Waals surface area contributed by atoms with Gasteiger partial charge in [-0.25, -0.2) is 8.78 Å². The van der Waals surface area contributed by atoms with Gasteiger partial charge in [-0.3, -0.25) is 4.79 Å². The fourth-order valence-corrected chi connectivity index (χ4v) is 1.98. The first-order valence-electron chi connectivity index (χ1n) is 5.30. The number of carbonyl (C=O) groups excluding carboxylic acids is 1. The third-order valence-corrected chi connectivity index (χ3v) is 3.14. The molecule has 0 spiro atoms. The van der Waals surface area contributed by atoms with Crippen LogP contribution in [0.4, 0.5) is 8.78 Å². The molecule has 0 aliphatic carbocycles. The minimum absolute atomic E-state index is 0.0454. The molecule has 0 bridgehead atoms. The molecule has 0 unspecified atom stereocenters. The molecule has 1 aliphatic heterocycles. The Morgan fingerprint density at radius 2 is 1.94 bits per heavy atom. The van der Waals surface area contributed by atoms with E-state index in [4.69, 9.17) is 11.6 Å². The number of aldehydes is 1. The second-order valence-corrected chi connectivity index (χ2v) is 4.29. The molecule has 1 aromatic rings. The van der Waals surface area contributed by atoms with Crippen molar-refractivity contribution in [3.05, 3.63) is 51.7 Å². The van der Waals surface area contributed by atoms with Crippen LogP contribution in [0.2, 0.25) is 0 Å². The summed E-state index contributed by atoms with van der Waals surface area (Å²) in [6.07, 6.45) is 2.23. The Kier molecular flexibility index (Phi) is 3.48. The number of allylic oxidation sites excluding steroid dienone is 2. The van der Waals surface area contributed by atoms with E-state index in [2.05, 4.69) is 5.32 Å². The molecular formula is C13H10ClF2NO. The molecular weight excluding hydrogens is 260 g/mol. The van der Waals surface area contributed by atoms with Gasteiger partial charge in [0.1, 0.15) is 16.8 Å². The predicted octanol–water partition coefficient (Wildman–Crippen LogP) is 2.91. The normalized spacial score (nSPS) is 15.2. The number of dihydropyridines is 1. The zero-order chi connectivity index (χ0) is 13.3. The summed E-state index contributed by atoms with van der Waals surface area (Å²) in [6, 6.07) is 2.40. The van der Waals surface area contributed by atoms with E-state index >= 15 is 0 Å². The number of hydrogen-bond donors (Lipinski definition) is 1. The summed E-state index contributed by atoms with van der Waals surface area (Å²) in [7, 11) is 0. The van der Waals surface area contributed by atoms with Crippen LogP contribution in [0.25, 0.3) is 5.57 Å². The van der Waals surface area contributed by atoms with E-state index in [9.17, 15) is 13.6 Å². The second kappa shape index (κ2) is 4.90. The van der Waals surface area contributed by atoms with E-state index in [-0.39, 0.29) is 16.3 Å². The number of hydrogen-bond acceptors (Lipinski definition) is 2. The molecule has 0 radical (unpaired) electrons. The lowest BCUT2D eigenvalue weighted by Crippen LogP contribution is -2.18. The summed E-state index contributed by atoms with van der Waals surface area (Å²) in [5.41, 5.74) is 0.894. The van der Waals surface area contributed by atoms with E-state index in [1.807, 2.05) is 0 Å². The summed E-state index contributed by atoms with van der Waals surface area (Å²) >= 11 is 5.85. The summed E-state index contributed by atoms with van der Waals surface area (Å²) in [6.45, 7) is 1.76. The molecule has 5 heteroatoms. The molecule has 0 fully saturated rings. The third kappa shape index (κ3) is 2.16. The molecule has 0 atom stereocenters. The van der Waals surface area contributed by atoms with Gasteiger partial charge < -0.3 is 5.32 Å². The largest absolute Gasteiger partial charge is 0.372 e. The van der Waals surface area contributed by atoms with Gasteiger partial charge in [0.15, 0.2) is 6.29 Å². The van der Waals surface area contributed by atoms with Gasteiger partial charge in [0.25, 0.3) is 0 Å². The van der Waals surface area contributed by atoms with E-state index in [0.29, 0.717) is 24.0 Å². The van der Waals surface area contributed by atoms with Crippen molar-refractivity contribution in [2.24, 2.45) is 0 Å². The molecule has 94 valence electrons. The van der Waals surface area contributed by atoms with Crippen LogP contribution >= 0.6 is 11.6 Å². The Balaban J connectivity index is 2.56. The van der Waals surface area contributed by atoms with Gasteiger partial charge in [-0.1, -0.05) is 17.7 Å². The van der Waals surface area contributed by atoms with Crippen molar-refractivity contribution in [3.63, 3.8) is 0 Å². The lowest BCUT2D eigenvalue weighted by molar-refractivity contribution is -0.104. The lowest BCUT2D eigenvalue weighted by Gasteiger charge is -2.17. The first-order valence-corrected chi connectivity index (χ1v) is 5.67. The molecule has 1 aromatic carbocycles. The van der Waals surface area contributed by atoms with Gasteiger partial charge in [0.05, 0.1) is 5.57 Å². The average Bonchev–Trinajstić information content (AvgIpc) is 2.35. The van der Waals surface area contributed by atoms with Crippen molar-refractivity contribution in [2.45, 2.75) is 6.92 Å². The van der Waals surface area contributed by atoms with Crippen molar-refractivity contribution in [1.29, 1.82) is 0 Å². The van der Waals surface area contributed by atoms with Crippen LogP contribution in [0.3, 0.4) is 0 Å². The number of nitrogens with one attached hydrogen (secondary N) is 1. The Morgan fingerprint density at radius 3 is 2.50 bits per heavy atom. The van der Waals surface area contributed by atoms with Crippen molar-refractivity contribution in [2.75, 3.05) is 6.54 Å². The summed E-state index contributed by atoms with van der Waals surface area (Å²) < 4.78 is 27.0. The van der Waals surface area contributed by atoms with Crippen molar-refractivity contribution in [3.8, 4) is 0 Å². The molecule has 0 saturated heterocycles. The van der Waals surface area contributed by atoms with Gasteiger partial charge in [0, 0.05) is 12.1 Å². The van der Waals surface area contributed by atoms with E-state index < -0.39 is 11.6 Å². The van der Waals surface area contributed by atoms with Crippen molar-refractivity contribution in [1.82, 2.24) is 5.32 Å². The highest BCUT2D eigenvalue weighted by Crippen LogP contribution is 2.29. The third-order valence-electron chi connectivity index (χ3n) is 2.80. The summed E-state index contributed by atoms with van der Waals surface area (Å²) in [5.74, 6) is -1.29. The molecule has 2 nitrogen and oxygen atoms in total. The van der Waals surface area contributed by atoms with E-state index in [1.54, 1.807) is 6.08 Å². The highest BCUT2D eigenvalue weighted by atomic mass is 35.5. The quantitative estimate of drug-likeness (QED) is 0.661. The average molecular weight is 270 g/mol. The lowest BCUT2D eigenvalue weighted by atomic mass is 9.96. The predicted molar refractivity (Wildman–Crippen MR) is 66.0 cm³/mol. The van der Waals surface area contributed by atoms with Gasteiger partial charge in [-0.05, 0) is 30.2 Å². The highest BCUT2D eigenvalue weighted by molar-refractivity contribution is 6.32. The molecule has 0 aromatic heterocycles. The molecule has 0 saturated carbocycles. The van der Waals surface area contributed by atoms with Crippen LogP contribution in [-0.4, -0.2) is 12.8 Å². The fraction of sp³-hybridized carbons (Fsp3) is 0.154. The minimum Gasteiger partial charge on any atom is -0.372 e. The molecule has 1 N–H and O–H groups in total. The molecule has 0 amide bonds. The SMILES string of the molecule is Cc1c(F)cc(C2=CCNC(Cl)=C2C=O)cc1F. The maximum atomic E-state index is 13.5. The first-order chi connectivity index (χ1) is 8.54. The fourth-order valence-electron chi connectivity index (χ4n) is 1.76. The van der Waals surface area contributed by atoms with Crippen LogP contribution in [-0.2, 0) is 4.79 Å². The Labute approximate surface area is 108 Å². The summed E-state index contributed by atoms with van der Waals surface area (Å²) in [5, 5.41) is 2.96. The van der Waals surface area contributed by atoms with Gasteiger partial charge in [-0.2, -0.15) is 0 Å². The zero-order valence-corrected chi connectivity index (χ0v) is 10.3. The smallest absolute Gasteiger partial charge is 0.153 e. The van der Waals surface area contributed by atoms with Crippen LogP contribution < -0.4 is 5.32 Å². The number of rotatable bonds is 2. The minimum atomic E-state index is -0.647. The van der Waals surface area contributed by atoms with Gasteiger partial charge in [-0.15, -0.1) is 0 Å². The topological polar surface area (TPSA) is 29.1 Å². The summed E-state index contributed by atoms with van der Waals surface area (Å²) in [4.78, 5) is 11.0. The zero-order valence-electron chi connectivity index (χ0n) is 9.56. The van der Waals surface area contributed by atoms with Crippen molar-refractivity contribution >= 4 is 23.5 Å². The number of benzene rings is 1. The molecule has 18 heavy (non-hydrogen) atoms. The van der Waals surface area contributed by atoms with Crippen molar-refractivity contribution < 1.29 is 13.6 Å². The van der Waals surface area contributed by atoms with Gasteiger partial charge in [0.2, 0.25) is 0 Å². The van der Waals surface area contributed by atoms with Crippen LogP contribution in [0.5, 0.6) is 0 Å². The molecule has 1 aliphatic rings. The Hall–Kier alpha value is -1.68. The maximum absolute atomic E-state index is 13.5. The molecule has 1 heterocycles. The Bertz CT molecular complexity index is 555. The van der Waals surface area contributed by atoms with Gasteiger partial charge >= 0.3 is 0 Å². The second-order valence-electron chi connectivity index (χ2n) is 3.91. The molecule has 2 rings (SSSR count). The Morgan fingerprint density at radius 1 is 1.33 bits per heavy atom. The first kappa shape index (κ1) is 12.8. The van der Waals surface area contributed by atoms with E-state index in [0.717, 1.165) is 0 Å². The highest BCUT2D eigenvalue weighted by Gasteiger charge is 2.18. The number of halogens is 3. The monoisotopic (exact) mass is 269 g/mol. The van der Waals surface area contributed by atoms with Crippen LogP contribution in [0.1, 0.15) is 11.1 Å². The number of carbonyl (C=O) groups is 1. The maximum Gasteiger partial charge on any atom is 0.153 e.